The van der Waals surface area contributed by atoms with Gasteiger partial charge >= 0.3 is 0 Å². The number of ketones is 1. The minimum absolute atomic E-state index is 0.202. The van der Waals surface area contributed by atoms with Gasteiger partial charge in [-0.25, -0.2) is 4.99 Å². The highest BCUT2D eigenvalue weighted by Crippen LogP contribution is 2.34. The largest absolute Gasteiger partial charge is 0.289 e. The van der Waals surface area contributed by atoms with E-state index in [0.717, 1.165) is 11.1 Å². The van der Waals surface area contributed by atoms with E-state index in [1.165, 1.54) is 0 Å². The average Bonchev–Trinajstić information content (AvgIpc) is 2.46. The van der Waals surface area contributed by atoms with Gasteiger partial charge in [-0.15, -0.1) is 0 Å². The predicted octanol–water partition coefficient (Wildman–Crippen LogP) is 5.87. The third kappa shape index (κ3) is 4.23. The van der Waals surface area contributed by atoms with Crippen LogP contribution in [0.2, 0.25) is 0 Å². The maximum Gasteiger partial charge on any atom is 0.253 e. The summed E-state index contributed by atoms with van der Waals surface area (Å²) in [5, 5.41) is 0.254. The van der Waals surface area contributed by atoms with E-state index in [9.17, 15) is 4.79 Å². The lowest BCUT2D eigenvalue weighted by molar-refractivity contribution is 0.0997. The normalized spacial score (nSPS) is 12.3. The molecular formula is C16H11Cl4NO. The van der Waals surface area contributed by atoms with Gasteiger partial charge in [0, 0.05) is 11.1 Å². The van der Waals surface area contributed by atoms with Crippen LogP contribution >= 0.6 is 46.4 Å². The van der Waals surface area contributed by atoms with Crippen LogP contribution < -0.4 is 0 Å². The Morgan fingerprint density at radius 1 is 1.00 bits per heavy atom. The lowest BCUT2D eigenvalue weighted by atomic mass is 10.1. The number of halogens is 4. The molecule has 2 aromatic rings. The molecule has 0 unspecified atom stereocenters. The molecule has 2 aromatic carbocycles. The molecule has 0 amide bonds. The molecule has 0 atom stereocenters. The van der Waals surface area contributed by atoms with E-state index in [2.05, 4.69) is 4.99 Å². The zero-order valence-corrected chi connectivity index (χ0v) is 14.5. The van der Waals surface area contributed by atoms with Crippen LogP contribution in [0, 0.1) is 6.92 Å². The maximum absolute atomic E-state index is 12.1. The number of para-hydroxylation sites is 1. The van der Waals surface area contributed by atoms with Crippen molar-refractivity contribution in [3.63, 3.8) is 0 Å². The number of carbonyl (C=O) groups excluding carboxylic acids is 1. The zero-order chi connectivity index (χ0) is 16.3. The van der Waals surface area contributed by atoms with E-state index in [4.69, 9.17) is 46.4 Å². The quantitative estimate of drug-likeness (QED) is 0.375. The molecule has 2 nitrogen and oxygen atoms in total. The molecule has 0 fully saturated rings. The fourth-order valence-electron chi connectivity index (χ4n) is 1.78. The molecule has 0 N–H and O–H groups in total. The number of benzene rings is 2. The summed E-state index contributed by atoms with van der Waals surface area (Å²) in [6, 6.07) is 14.1. The van der Waals surface area contributed by atoms with E-state index in [1.807, 2.05) is 31.2 Å². The van der Waals surface area contributed by atoms with Gasteiger partial charge in [0.15, 0.2) is 0 Å². The third-order valence-corrected chi connectivity index (χ3v) is 3.73. The van der Waals surface area contributed by atoms with Crippen molar-refractivity contribution in [3.05, 3.63) is 65.2 Å². The standard InChI is InChI=1S/C16H11Cl4NO/c1-10-6-8-11(9-7-10)15(17)21-13-5-3-2-4-12(13)14(22)16(18,19)20/h2-9H,1H3. The van der Waals surface area contributed by atoms with E-state index >= 15 is 0 Å². The molecular weight excluding hydrogens is 364 g/mol. The highest BCUT2D eigenvalue weighted by Gasteiger charge is 2.33. The van der Waals surface area contributed by atoms with E-state index in [0.29, 0.717) is 5.69 Å². The van der Waals surface area contributed by atoms with Crippen LogP contribution in [0.3, 0.4) is 0 Å². The molecule has 0 radical (unpaired) electrons. The van der Waals surface area contributed by atoms with Crippen molar-refractivity contribution in [3.8, 4) is 0 Å². The number of Topliss-reactive ketones (excluding diaryl/α,β-unsaturated/α-hetero) is 1. The number of carbonyl (C=O) groups is 1. The fourth-order valence-corrected chi connectivity index (χ4v) is 2.30. The average molecular weight is 375 g/mol. The number of alkyl halides is 3. The first-order valence-corrected chi connectivity index (χ1v) is 7.82. The number of aryl methyl sites for hydroxylation is 1. The number of hydrogen-bond donors (Lipinski definition) is 0. The predicted molar refractivity (Wildman–Crippen MR) is 94.3 cm³/mol. The summed E-state index contributed by atoms with van der Waals surface area (Å²) >= 11 is 23.2. The van der Waals surface area contributed by atoms with Gasteiger partial charge in [0.05, 0.1) is 5.69 Å². The highest BCUT2D eigenvalue weighted by atomic mass is 35.6. The second-order valence-electron chi connectivity index (χ2n) is 4.61. The van der Waals surface area contributed by atoms with Crippen LogP contribution in [0.25, 0.3) is 0 Å². The summed E-state index contributed by atoms with van der Waals surface area (Å²) in [5.41, 5.74) is 2.40. The highest BCUT2D eigenvalue weighted by molar-refractivity contribution is 6.77. The number of nitrogens with zero attached hydrogens (tertiary/aromatic N) is 1. The Bertz CT molecular complexity index is 718. The first-order chi connectivity index (χ1) is 10.3. The van der Waals surface area contributed by atoms with Gasteiger partial charge < -0.3 is 0 Å². The number of hydrogen-bond acceptors (Lipinski definition) is 2. The van der Waals surface area contributed by atoms with Crippen LogP contribution in [0.4, 0.5) is 5.69 Å². The summed E-state index contributed by atoms with van der Waals surface area (Å²) < 4.78 is -2.04. The molecule has 0 saturated heterocycles. The third-order valence-electron chi connectivity index (χ3n) is 2.91. The molecule has 0 aliphatic carbocycles. The van der Waals surface area contributed by atoms with Crippen molar-refractivity contribution in [1.29, 1.82) is 0 Å². The molecule has 0 aliphatic rings. The van der Waals surface area contributed by atoms with Crippen LogP contribution in [-0.2, 0) is 0 Å². The van der Waals surface area contributed by atoms with Crippen molar-refractivity contribution < 1.29 is 4.79 Å². The molecule has 2 rings (SSSR count). The molecule has 114 valence electrons. The van der Waals surface area contributed by atoms with Crippen LogP contribution in [0.1, 0.15) is 21.5 Å². The molecule has 0 aromatic heterocycles. The Morgan fingerprint density at radius 3 is 2.18 bits per heavy atom. The van der Waals surface area contributed by atoms with Crippen LogP contribution in [0.15, 0.2) is 53.5 Å². The van der Waals surface area contributed by atoms with Crippen LogP contribution in [-0.4, -0.2) is 14.7 Å². The van der Waals surface area contributed by atoms with Gasteiger partial charge in [0.1, 0.15) is 5.17 Å². The zero-order valence-electron chi connectivity index (χ0n) is 11.5. The van der Waals surface area contributed by atoms with Gasteiger partial charge in [0.25, 0.3) is 3.79 Å². The van der Waals surface area contributed by atoms with E-state index < -0.39 is 9.58 Å². The van der Waals surface area contributed by atoms with E-state index in [1.54, 1.807) is 24.3 Å². The smallest absolute Gasteiger partial charge is 0.253 e. The Hall–Kier alpha value is -1.06. The molecule has 0 bridgehead atoms. The van der Waals surface area contributed by atoms with Crippen LogP contribution in [0.5, 0.6) is 0 Å². The number of aliphatic imine (C=N–C) groups is 1. The van der Waals surface area contributed by atoms with E-state index in [-0.39, 0.29) is 10.7 Å². The van der Waals surface area contributed by atoms with Crippen molar-refractivity contribution in [2.45, 2.75) is 10.7 Å². The van der Waals surface area contributed by atoms with Crippen molar-refractivity contribution in [1.82, 2.24) is 0 Å². The summed E-state index contributed by atoms with van der Waals surface area (Å²) in [5.74, 6) is -0.648. The lowest BCUT2D eigenvalue weighted by Crippen LogP contribution is -2.19. The summed E-state index contributed by atoms with van der Waals surface area (Å²) in [7, 11) is 0. The SMILES string of the molecule is Cc1ccc(C(Cl)=Nc2ccccc2C(=O)C(Cl)(Cl)Cl)cc1. The fraction of sp³-hybridized carbons (Fsp3) is 0.125. The molecule has 0 saturated carbocycles. The Kier molecular flexibility index (Phi) is 5.51. The van der Waals surface area contributed by atoms with Gasteiger partial charge in [-0.2, -0.15) is 0 Å². The summed E-state index contributed by atoms with van der Waals surface area (Å²) in [6.07, 6.45) is 0. The first kappa shape index (κ1) is 17.3. The Labute approximate surface area is 148 Å². The van der Waals surface area contributed by atoms with Gasteiger partial charge in [-0.1, -0.05) is 88.4 Å². The summed E-state index contributed by atoms with van der Waals surface area (Å²) in [6.45, 7) is 1.98. The second-order valence-corrected chi connectivity index (χ2v) is 7.25. The van der Waals surface area contributed by atoms with Gasteiger partial charge in [-0.05, 0) is 19.1 Å². The van der Waals surface area contributed by atoms with Gasteiger partial charge in [-0.3, -0.25) is 4.79 Å². The molecule has 22 heavy (non-hydrogen) atoms. The molecule has 6 heteroatoms. The minimum atomic E-state index is -2.04. The summed E-state index contributed by atoms with van der Waals surface area (Å²) in [4.78, 5) is 16.4. The van der Waals surface area contributed by atoms with Crippen molar-refractivity contribution in [2.24, 2.45) is 4.99 Å². The van der Waals surface area contributed by atoms with Crippen molar-refractivity contribution >= 4 is 63.0 Å². The molecule has 0 aliphatic heterocycles. The molecule has 0 spiro atoms. The number of rotatable bonds is 3. The van der Waals surface area contributed by atoms with Crippen molar-refractivity contribution in [2.75, 3.05) is 0 Å². The molecule has 0 heterocycles. The lowest BCUT2D eigenvalue weighted by Gasteiger charge is -2.11. The first-order valence-electron chi connectivity index (χ1n) is 6.31. The second kappa shape index (κ2) is 7.01. The minimum Gasteiger partial charge on any atom is -0.289 e. The Morgan fingerprint density at radius 2 is 1.59 bits per heavy atom. The maximum atomic E-state index is 12.1. The Balaban J connectivity index is 2.43. The topological polar surface area (TPSA) is 29.4 Å². The monoisotopic (exact) mass is 373 g/mol. The van der Waals surface area contributed by atoms with Gasteiger partial charge in [0.2, 0.25) is 5.78 Å².